The van der Waals surface area contributed by atoms with Gasteiger partial charge in [-0.2, -0.15) is 11.8 Å². The summed E-state index contributed by atoms with van der Waals surface area (Å²) in [5.41, 5.74) is 0. The molecule has 0 aromatic carbocycles. The van der Waals surface area contributed by atoms with Crippen molar-refractivity contribution in [2.45, 2.75) is 44.5 Å². The third-order valence-corrected chi connectivity index (χ3v) is 5.30. The first kappa shape index (κ1) is 12.2. The molecule has 1 amide bonds. The van der Waals surface area contributed by atoms with Crippen LogP contribution >= 0.6 is 11.8 Å². The van der Waals surface area contributed by atoms with Crippen molar-refractivity contribution in [3.63, 3.8) is 0 Å². The molecule has 2 rings (SSSR count). The Hall–Kier alpha value is -0.220. The van der Waals surface area contributed by atoms with Crippen LogP contribution < -0.4 is 5.32 Å². The molecule has 2 aliphatic rings. The average Bonchev–Trinajstić information content (AvgIpc) is 2.68. The SMILES string of the molecule is CC1CCNC1C(=O)N1CCSC(C)C1C. The monoisotopic (exact) mass is 242 g/mol. The van der Waals surface area contributed by atoms with Crippen molar-refractivity contribution in [1.82, 2.24) is 10.2 Å². The van der Waals surface area contributed by atoms with Crippen LogP contribution in [-0.2, 0) is 4.79 Å². The zero-order chi connectivity index (χ0) is 11.7. The highest BCUT2D eigenvalue weighted by Gasteiger charge is 2.36. The summed E-state index contributed by atoms with van der Waals surface area (Å²) in [4.78, 5) is 14.5. The Bertz CT molecular complexity index is 272. The van der Waals surface area contributed by atoms with Crippen LogP contribution in [0.25, 0.3) is 0 Å². The maximum Gasteiger partial charge on any atom is 0.240 e. The maximum absolute atomic E-state index is 12.4. The van der Waals surface area contributed by atoms with Gasteiger partial charge in [-0.05, 0) is 25.8 Å². The Morgan fingerprint density at radius 1 is 1.38 bits per heavy atom. The van der Waals surface area contributed by atoms with E-state index in [1.165, 1.54) is 0 Å². The Labute approximate surface area is 102 Å². The van der Waals surface area contributed by atoms with E-state index >= 15 is 0 Å². The average molecular weight is 242 g/mol. The van der Waals surface area contributed by atoms with E-state index in [1.54, 1.807) is 0 Å². The third-order valence-electron chi connectivity index (χ3n) is 3.97. The fraction of sp³-hybridized carbons (Fsp3) is 0.917. The van der Waals surface area contributed by atoms with Crippen LogP contribution in [0.15, 0.2) is 0 Å². The number of hydrogen-bond acceptors (Lipinski definition) is 3. The highest BCUT2D eigenvalue weighted by atomic mass is 32.2. The number of nitrogens with zero attached hydrogens (tertiary/aromatic N) is 1. The number of thioether (sulfide) groups is 1. The lowest BCUT2D eigenvalue weighted by molar-refractivity contribution is -0.135. The van der Waals surface area contributed by atoms with Gasteiger partial charge in [0.25, 0.3) is 0 Å². The van der Waals surface area contributed by atoms with Crippen LogP contribution in [0, 0.1) is 5.92 Å². The predicted octanol–water partition coefficient (Wildman–Crippen LogP) is 1.34. The minimum absolute atomic E-state index is 0.0674. The van der Waals surface area contributed by atoms with Crippen LogP contribution in [0.5, 0.6) is 0 Å². The van der Waals surface area contributed by atoms with Gasteiger partial charge in [-0.25, -0.2) is 0 Å². The maximum atomic E-state index is 12.4. The van der Waals surface area contributed by atoms with Gasteiger partial charge in [-0.1, -0.05) is 13.8 Å². The first-order valence-corrected chi connectivity index (χ1v) is 7.31. The molecule has 0 radical (unpaired) electrons. The normalized spacial score (nSPS) is 40.1. The van der Waals surface area contributed by atoms with Crippen LogP contribution in [0.1, 0.15) is 27.2 Å². The molecule has 4 heteroatoms. The predicted molar refractivity (Wildman–Crippen MR) is 68.7 cm³/mol. The van der Waals surface area contributed by atoms with Gasteiger partial charge in [-0.3, -0.25) is 4.79 Å². The van der Waals surface area contributed by atoms with Crippen LogP contribution in [0.2, 0.25) is 0 Å². The Morgan fingerprint density at radius 3 is 2.75 bits per heavy atom. The van der Waals surface area contributed by atoms with Gasteiger partial charge in [0.05, 0.1) is 6.04 Å². The van der Waals surface area contributed by atoms with E-state index in [2.05, 4.69) is 31.0 Å². The van der Waals surface area contributed by atoms with Crippen molar-refractivity contribution in [2.24, 2.45) is 5.92 Å². The minimum atomic E-state index is 0.0674. The summed E-state index contributed by atoms with van der Waals surface area (Å²) in [6, 6.07) is 0.443. The van der Waals surface area contributed by atoms with Crippen molar-refractivity contribution in [3.05, 3.63) is 0 Å². The second kappa shape index (κ2) is 4.96. The lowest BCUT2D eigenvalue weighted by atomic mass is 10.0. The Kier molecular flexibility index (Phi) is 3.80. The van der Waals surface area contributed by atoms with Gasteiger partial charge in [0.1, 0.15) is 0 Å². The smallest absolute Gasteiger partial charge is 0.240 e. The molecule has 0 aliphatic carbocycles. The van der Waals surface area contributed by atoms with Gasteiger partial charge >= 0.3 is 0 Å². The lowest BCUT2D eigenvalue weighted by Crippen LogP contribution is -2.54. The van der Waals surface area contributed by atoms with Crippen molar-refractivity contribution in [1.29, 1.82) is 0 Å². The molecule has 2 aliphatic heterocycles. The van der Waals surface area contributed by atoms with Gasteiger partial charge < -0.3 is 10.2 Å². The number of hydrogen-bond donors (Lipinski definition) is 1. The van der Waals surface area contributed by atoms with E-state index in [0.29, 0.717) is 23.1 Å². The quantitative estimate of drug-likeness (QED) is 0.753. The lowest BCUT2D eigenvalue weighted by Gasteiger charge is -2.39. The molecule has 0 bridgehead atoms. The molecule has 0 aromatic rings. The topological polar surface area (TPSA) is 32.3 Å². The highest BCUT2D eigenvalue weighted by Crippen LogP contribution is 2.26. The summed E-state index contributed by atoms with van der Waals surface area (Å²) in [7, 11) is 0. The molecule has 2 fully saturated rings. The third kappa shape index (κ3) is 2.23. The van der Waals surface area contributed by atoms with Gasteiger partial charge in [0.15, 0.2) is 0 Å². The molecule has 2 saturated heterocycles. The molecular formula is C12H22N2OS. The van der Waals surface area contributed by atoms with E-state index in [1.807, 2.05) is 11.8 Å². The summed E-state index contributed by atoms with van der Waals surface area (Å²) in [6.07, 6.45) is 1.13. The van der Waals surface area contributed by atoms with Gasteiger partial charge in [0.2, 0.25) is 5.91 Å². The van der Waals surface area contributed by atoms with Crippen LogP contribution in [0.4, 0.5) is 0 Å². The standard InChI is InChI=1S/C12H22N2OS/c1-8-4-5-13-11(8)12(15)14-6-7-16-10(3)9(14)2/h8-11,13H,4-7H2,1-3H3. The molecule has 16 heavy (non-hydrogen) atoms. The Balaban J connectivity index is 2.03. The molecule has 2 heterocycles. The number of nitrogens with one attached hydrogen (secondary N) is 1. The van der Waals surface area contributed by atoms with Crippen molar-refractivity contribution in [2.75, 3.05) is 18.8 Å². The zero-order valence-electron chi connectivity index (χ0n) is 10.4. The summed E-state index contributed by atoms with van der Waals surface area (Å²) in [6.45, 7) is 8.48. The van der Waals surface area contributed by atoms with Gasteiger partial charge in [0, 0.05) is 23.6 Å². The number of carbonyl (C=O) groups excluding carboxylic acids is 1. The van der Waals surface area contributed by atoms with E-state index < -0.39 is 0 Å². The summed E-state index contributed by atoms with van der Waals surface area (Å²) >= 11 is 1.98. The van der Waals surface area contributed by atoms with Crippen LogP contribution in [-0.4, -0.2) is 47.0 Å². The number of rotatable bonds is 1. The second-order valence-electron chi connectivity index (χ2n) is 5.05. The fourth-order valence-corrected chi connectivity index (χ4v) is 3.69. The fourth-order valence-electron chi connectivity index (χ4n) is 2.59. The van der Waals surface area contributed by atoms with E-state index in [0.717, 1.165) is 25.3 Å². The summed E-state index contributed by atoms with van der Waals surface area (Å²) in [5, 5.41) is 3.91. The molecule has 4 unspecified atom stereocenters. The van der Waals surface area contributed by atoms with E-state index in [9.17, 15) is 4.79 Å². The molecular weight excluding hydrogens is 220 g/mol. The van der Waals surface area contributed by atoms with Crippen molar-refractivity contribution >= 4 is 17.7 Å². The summed E-state index contributed by atoms with van der Waals surface area (Å²) < 4.78 is 0. The molecule has 1 N–H and O–H groups in total. The highest BCUT2D eigenvalue weighted by molar-refractivity contribution is 8.00. The van der Waals surface area contributed by atoms with Gasteiger partial charge in [-0.15, -0.1) is 0 Å². The van der Waals surface area contributed by atoms with Crippen LogP contribution in [0.3, 0.4) is 0 Å². The molecule has 0 aromatic heterocycles. The second-order valence-corrected chi connectivity index (χ2v) is 6.53. The first-order valence-electron chi connectivity index (χ1n) is 6.26. The largest absolute Gasteiger partial charge is 0.337 e. The summed E-state index contributed by atoms with van der Waals surface area (Å²) in [5.74, 6) is 1.90. The Morgan fingerprint density at radius 2 is 2.12 bits per heavy atom. The molecule has 0 spiro atoms. The minimum Gasteiger partial charge on any atom is -0.337 e. The van der Waals surface area contributed by atoms with Crippen molar-refractivity contribution in [3.8, 4) is 0 Å². The first-order chi connectivity index (χ1) is 7.61. The van der Waals surface area contributed by atoms with E-state index in [4.69, 9.17) is 0 Å². The van der Waals surface area contributed by atoms with Crippen molar-refractivity contribution < 1.29 is 4.79 Å². The number of carbonyl (C=O) groups is 1. The molecule has 92 valence electrons. The van der Waals surface area contributed by atoms with E-state index in [-0.39, 0.29) is 6.04 Å². The zero-order valence-corrected chi connectivity index (χ0v) is 11.2. The molecule has 3 nitrogen and oxygen atoms in total. The molecule has 4 atom stereocenters. The molecule has 0 saturated carbocycles. The number of amides is 1.